The molecule has 0 aliphatic carbocycles. The van der Waals surface area contributed by atoms with Gasteiger partial charge in [0.25, 0.3) is 5.91 Å². The molecule has 3 rings (SSSR count). The molecule has 1 amide bonds. The summed E-state index contributed by atoms with van der Waals surface area (Å²) in [4.78, 5) is 12.8. The smallest absolute Gasteiger partial charge is 0.322 e. The van der Waals surface area contributed by atoms with E-state index < -0.39 is 17.6 Å². The zero-order valence-electron chi connectivity index (χ0n) is 14.2. The van der Waals surface area contributed by atoms with E-state index in [-0.39, 0.29) is 5.69 Å². The first kappa shape index (κ1) is 18.5. The average molecular weight is 367 g/mol. The quantitative estimate of drug-likeness (QED) is 0.452. The maximum Gasteiger partial charge on any atom is 0.416 e. The second-order valence-corrected chi connectivity index (χ2v) is 5.87. The van der Waals surface area contributed by atoms with E-state index in [0.29, 0.717) is 11.1 Å². The molecule has 0 saturated carbocycles. The maximum atomic E-state index is 12.9. The molecule has 0 unspecified atom stereocenters. The molecular formula is C22H16F3NO. The highest BCUT2D eigenvalue weighted by atomic mass is 19.4. The van der Waals surface area contributed by atoms with Crippen LogP contribution in [0.3, 0.4) is 0 Å². The fourth-order valence-electron chi connectivity index (χ4n) is 2.59. The van der Waals surface area contributed by atoms with Gasteiger partial charge in [0, 0.05) is 11.3 Å². The third-order valence-electron chi connectivity index (χ3n) is 3.89. The van der Waals surface area contributed by atoms with Gasteiger partial charge in [-0.15, -0.1) is 0 Å². The van der Waals surface area contributed by atoms with E-state index in [4.69, 9.17) is 0 Å². The number of anilines is 1. The van der Waals surface area contributed by atoms with E-state index in [1.165, 1.54) is 12.1 Å². The highest BCUT2D eigenvalue weighted by Gasteiger charge is 2.30. The van der Waals surface area contributed by atoms with Crippen LogP contribution in [-0.2, 0) is 11.0 Å². The largest absolute Gasteiger partial charge is 0.416 e. The van der Waals surface area contributed by atoms with Gasteiger partial charge in [0.05, 0.1) is 5.56 Å². The van der Waals surface area contributed by atoms with Crippen molar-refractivity contribution >= 4 is 23.2 Å². The Hall–Kier alpha value is -3.34. The lowest BCUT2D eigenvalue weighted by atomic mass is 10.0. The summed E-state index contributed by atoms with van der Waals surface area (Å²) in [6.45, 7) is 0. The number of benzene rings is 3. The summed E-state index contributed by atoms with van der Waals surface area (Å²) in [5.74, 6) is -0.482. The summed E-state index contributed by atoms with van der Waals surface area (Å²) in [6.07, 6.45) is -2.76. The summed E-state index contributed by atoms with van der Waals surface area (Å²) in [5, 5.41) is 2.57. The van der Waals surface area contributed by atoms with Crippen LogP contribution in [0.1, 0.15) is 16.7 Å². The highest BCUT2D eigenvalue weighted by Crippen LogP contribution is 2.31. The molecule has 0 atom stereocenters. The van der Waals surface area contributed by atoms with Crippen LogP contribution in [0, 0.1) is 0 Å². The number of hydrogen-bond donors (Lipinski definition) is 1. The first-order valence-electron chi connectivity index (χ1n) is 8.24. The monoisotopic (exact) mass is 367 g/mol. The van der Waals surface area contributed by atoms with Crippen LogP contribution in [-0.4, -0.2) is 5.91 Å². The summed E-state index contributed by atoms with van der Waals surface area (Å²) in [7, 11) is 0. The Labute approximate surface area is 155 Å². The van der Waals surface area contributed by atoms with Crippen molar-refractivity contribution in [2.75, 3.05) is 5.32 Å². The Kier molecular flexibility index (Phi) is 5.41. The maximum absolute atomic E-state index is 12.9. The number of rotatable bonds is 4. The molecule has 0 saturated heterocycles. The molecule has 3 aromatic rings. The molecule has 0 bridgehead atoms. The third-order valence-corrected chi connectivity index (χ3v) is 3.89. The normalized spacial score (nSPS) is 11.9. The van der Waals surface area contributed by atoms with Gasteiger partial charge >= 0.3 is 6.18 Å². The summed E-state index contributed by atoms with van der Waals surface area (Å²) in [6, 6.07) is 22.8. The zero-order valence-corrected chi connectivity index (χ0v) is 14.2. The van der Waals surface area contributed by atoms with Crippen LogP contribution in [0.5, 0.6) is 0 Å². The molecule has 2 nitrogen and oxygen atoms in total. The van der Waals surface area contributed by atoms with Crippen molar-refractivity contribution < 1.29 is 18.0 Å². The molecule has 0 spiro atoms. The van der Waals surface area contributed by atoms with Crippen molar-refractivity contribution in [1.29, 1.82) is 0 Å². The minimum atomic E-state index is -4.47. The van der Waals surface area contributed by atoms with Crippen LogP contribution in [0.2, 0.25) is 0 Å². The Morgan fingerprint density at radius 3 is 2.07 bits per heavy atom. The zero-order chi connectivity index (χ0) is 19.3. The van der Waals surface area contributed by atoms with Gasteiger partial charge in [-0.2, -0.15) is 13.2 Å². The highest BCUT2D eigenvalue weighted by molar-refractivity contribution is 6.29. The van der Waals surface area contributed by atoms with Crippen molar-refractivity contribution in [2.24, 2.45) is 0 Å². The van der Waals surface area contributed by atoms with Gasteiger partial charge < -0.3 is 5.32 Å². The predicted octanol–water partition coefficient (Wildman–Crippen LogP) is 5.88. The van der Waals surface area contributed by atoms with Crippen molar-refractivity contribution in [3.8, 4) is 0 Å². The molecule has 0 aromatic heterocycles. The Bertz CT molecular complexity index is 948. The standard InChI is InChI=1S/C22H16F3NO/c23-22(24,25)18-12-7-13-19(15-18)26-21(27)20(17-10-5-2-6-11-17)14-16-8-3-1-4-9-16/h1-15H,(H,26,27)/b20-14+. The van der Waals surface area contributed by atoms with Gasteiger partial charge in [-0.3, -0.25) is 4.79 Å². The van der Waals surface area contributed by atoms with Gasteiger partial charge in [-0.25, -0.2) is 0 Å². The number of alkyl halides is 3. The minimum Gasteiger partial charge on any atom is -0.322 e. The Balaban J connectivity index is 1.94. The van der Waals surface area contributed by atoms with Crippen molar-refractivity contribution in [3.05, 3.63) is 102 Å². The van der Waals surface area contributed by atoms with Crippen LogP contribution in [0.25, 0.3) is 11.6 Å². The molecule has 0 aliphatic rings. The topological polar surface area (TPSA) is 29.1 Å². The SMILES string of the molecule is O=C(Nc1cccc(C(F)(F)F)c1)/C(=C/c1ccccc1)c1ccccc1. The lowest BCUT2D eigenvalue weighted by Gasteiger charge is -2.12. The van der Waals surface area contributed by atoms with Crippen LogP contribution in [0.4, 0.5) is 18.9 Å². The van der Waals surface area contributed by atoms with Gasteiger partial charge in [0.2, 0.25) is 0 Å². The molecular weight excluding hydrogens is 351 g/mol. The number of amides is 1. The molecule has 0 fully saturated rings. The van der Waals surface area contributed by atoms with E-state index in [0.717, 1.165) is 17.7 Å². The molecule has 0 heterocycles. The van der Waals surface area contributed by atoms with Gasteiger partial charge in [0.1, 0.15) is 0 Å². The van der Waals surface area contributed by atoms with E-state index in [9.17, 15) is 18.0 Å². The predicted molar refractivity (Wildman–Crippen MR) is 101 cm³/mol. The van der Waals surface area contributed by atoms with Crippen LogP contribution < -0.4 is 5.32 Å². The average Bonchev–Trinajstić information content (AvgIpc) is 2.67. The fraction of sp³-hybridized carbons (Fsp3) is 0.0455. The summed E-state index contributed by atoms with van der Waals surface area (Å²) in [5.41, 5.74) is 1.12. The third kappa shape index (κ3) is 4.85. The summed E-state index contributed by atoms with van der Waals surface area (Å²) >= 11 is 0. The van der Waals surface area contributed by atoms with E-state index in [1.807, 2.05) is 36.4 Å². The van der Waals surface area contributed by atoms with Gasteiger partial charge in [0.15, 0.2) is 0 Å². The first-order valence-corrected chi connectivity index (χ1v) is 8.24. The van der Waals surface area contributed by atoms with Crippen LogP contribution >= 0.6 is 0 Å². The Morgan fingerprint density at radius 2 is 1.44 bits per heavy atom. The Morgan fingerprint density at radius 1 is 0.815 bits per heavy atom. The number of carbonyl (C=O) groups is 1. The van der Waals surface area contributed by atoms with Gasteiger partial charge in [-0.05, 0) is 35.4 Å². The molecule has 136 valence electrons. The lowest BCUT2D eigenvalue weighted by Crippen LogP contribution is -2.14. The molecule has 27 heavy (non-hydrogen) atoms. The number of hydrogen-bond acceptors (Lipinski definition) is 1. The van der Waals surface area contributed by atoms with Crippen molar-refractivity contribution in [2.45, 2.75) is 6.18 Å². The number of nitrogens with one attached hydrogen (secondary N) is 1. The van der Waals surface area contributed by atoms with Crippen LogP contribution in [0.15, 0.2) is 84.9 Å². The fourth-order valence-corrected chi connectivity index (χ4v) is 2.59. The van der Waals surface area contributed by atoms with Crippen molar-refractivity contribution in [3.63, 3.8) is 0 Å². The van der Waals surface area contributed by atoms with E-state index in [1.54, 1.807) is 30.3 Å². The first-order chi connectivity index (χ1) is 12.9. The van der Waals surface area contributed by atoms with E-state index in [2.05, 4.69) is 5.32 Å². The van der Waals surface area contributed by atoms with E-state index >= 15 is 0 Å². The second kappa shape index (κ2) is 7.91. The molecule has 5 heteroatoms. The second-order valence-electron chi connectivity index (χ2n) is 5.87. The number of halogens is 3. The summed E-state index contributed by atoms with van der Waals surface area (Å²) < 4.78 is 38.7. The van der Waals surface area contributed by atoms with Crippen molar-refractivity contribution in [1.82, 2.24) is 0 Å². The molecule has 0 aliphatic heterocycles. The molecule has 1 N–H and O–H groups in total. The lowest BCUT2D eigenvalue weighted by molar-refractivity contribution is -0.137. The minimum absolute atomic E-state index is 0.0877. The molecule has 3 aromatic carbocycles. The number of carbonyl (C=O) groups excluding carboxylic acids is 1. The van der Waals surface area contributed by atoms with Gasteiger partial charge in [-0.1, -0.05) is 66.7 Å². The molecule has 0 radical (unpaired) electrons.